The lowest BCUT2D eigenvalue weighted by molar-refractivity contribution is 0.495. The first kappa shape index (κ1) is 23.5. The molecule has 3 aromatic heterocycles. The standard InChI is InChI=1S/C26H31N9O/c1-3-5-9-22-18-34(24-28-14-16-33(24)15-4-2)25(36)35(22)19-26(10-12-27-13-11-26)21-8-6-7-20(17-21)23-29-31-32-30-23/h6-8,10-14,16-18,27H,3-5,9,15,19H2,1-2H3,(H,29,30,31,32). The summed E-state index contributed by atoms with van der Waals surface area (Å²) in [6.07, 6.45) is 17.5. The molecule has 4 aromatic rings. The Balaban J connectivity index is 1.60. The van der Waals surface area contributed by atoms with Gasteiger partial charge in [0.1, 0.15) is 0 Å². The zero-order chi connectivity index (χ0) is 25.0. The van der Waals surface area contributed by atoms with Gasteiger partial charge in [-0.1, -0.05) is 50.6 Å². The summed E-state index contributed by atoms with van der Waals surface area (Å²) in [4.78, 5) is 18.4. The van der Waals surface area contributed by atoms with E-state index in [0.29, 0.717) is 18.3 Å². The van der Waals surface area contributed by atoms with E-state index in [1.165, 1.54) is 0 Å². The summed E-state index contributed by atoms with van der Waals surface area (Å²) in [6.45, 7) is 5.55. The molecule has 186 valence electrons. The lowest BCUT2D eigenvalue weighted by atomic mass is 9.78. The zero-order valence-electron chi connectivity index (χ0n) is 20.6. The highest BCUT2D eigenvalue weighted by atomic mass is 16.1. The summed E-state index contributed by atoms with van der Waals surface area (Å²) in [5.41, 5.74) is 2.31. The number of hydrogen-bond donors (Lipinski definition) is 2. The molecular formula is C26H31N9O. The molecule has 1 aromatic carbocycles. The van der Waals surface area contributed by atoms with Gasteiger partial charge in [0.2, 0.25) is 5.95 Å². The van der Waals surface area contributed by atoms with Crippen LogP contribution in [0.25, 0.3) is 17.3 Å². The van der Waals surface area contributed by atoms with Gasteiger partial charge >= 0.3 is 5.69 Å². The number of aromatic amines is 1. The third-order valence-electron chi connectivity index (χ3n) is 6.61. The van der Waals surface area contributed by atoms with E-state index >= 15 is 0 Å². The van der Waals surface area contributed by atoms with Crippen LogP contribution in [-0.2, 0) is 24.9 Å². The second-order valence-corrected chi connectivity index (χ2v) is 9.09. The average Bonchev–Trinajstić information content (AvgIpc) is 3.66. The minimum atomic E-state index is -0.537. The normalized spacial score (nSPS) is 14.3. The maximum Gasteiger partial charge on any atom is 0.335 e. The van der Waals surface area contributed by atoms with Crippen molar-refractivity contribution in [2.75, 3.05) is 0 Å². The minimum absolute atomic E-state index is 0.0834. The average molecular weight is 486 g/mol. The summed E-state index contributed by atoms with van der Waals surface area (Å²) in [5.74, 6) is 1.26. The summed E-state index contributed by atoms with van der Waals surface area (Å²) in [6, 6.07) is 8.11. The van der Waals surface area contributed by atoms with Crippen molar-refractivity contribution in [1.82, 2.24) is 44.6 Å². The van der Waals surface area contributed by atoms with Gasteiger partial charge < -0.3 is 9.88 Å². The van der Waals surface area contributed by atoms with Crippen molar-refractivity contribution in [2.45, 2.75) is 58.0 Å². The second kappa shape index (κ2) is 10.2. The van der Waals surface area contributed by atoms with Crippen LogP contribution in [0, 0.1) is 0 Å². The summed E-state index contributed by atoms with van der Waals surface area (Å²) in [7, 11) is 0. The first-order valence-electron chi connectivity index (χ1n) is 12.4. The Bertz CT molecular complexity index is 1410. The Morgan fingerprint density at radius 1 is 1.11 bits per heavy atom. The molecule has 0 fully saturated rings. The van der Waals surface area contributed by atoms with E-state index in [9.17, 15) is 4.79 Å². The quantitative estimate of drug-likeness (QED) is 0.356. The van der Waals surface area contributed by atoms with Crippen molar-refractivity contribution >= 4 is 0 Å². The molecule has 1 aliphatic rings. The number of benzene rings is 1. The first-order chi connectivity index (χ1) is 17.6. The molecule has 0 saturated heterocycles. The number of aryl methyl sites for hydroxylation is 2. The number of imidazole rings is 2. The van der Waals surface area contributed by atoms with Crippen LogP contribution in [0.4, 0.5) is 0 Å². The van der Waals surface area contributed by atoms with E-state index in [4.69, 9.17) is 0 Å². The number of nitrogens with one attached hydrogen (secondary N) is 2. The monoisotopic (exact) mass is 485 g/mol. The van der Waals surface area contributed by atoms with Gasteiger partial charge in [0.05, 0.1) is 5.41 Å². The van der Waals surface area contributed by atoms with Crippen molar-refractivity contribution in [3.05, 3.63) is 89.1 Å². The van der Waals surface area contributed by atoms with Crippen molar-refractivity contribution in [3.63, 3.8) is 0 Å². The number of hydrogen-bond acceptors (Lipinski definition) is 6. The van der Waals surface area contributed by atoms with E-state index in [1.54, 1.807) is 10.8 Å². The molecule has 10 nitrogen and oxygen atoms in total. The van der Waals surface area contributed by atoms with E-state index in [2.05, 4.69) is 69.1 Å². The fourth-order valence-corrected chi connectivity index (χ4v) is 4.73. The lowest BCUT2D eigenvalue weighted by Crippen LogP contribution is -2.36. The Morgan fingerprint density at radius 3 is 2.72 bits per heavy atom. The van der Waals surface area contributed by atoms with E-state index in [1.807, 2.05) is 46.1 Å². The van der Waals surface area contributed by atoms with Gasteiger partial charge in [-0.15, -0.1) is 5.10 Å². The Morgan fingerprint density at radius 2 is 1.97 bits per heavy atom. The fourth-order valence-electron chi connectivity index (χ4n) is 4.73. The van der Waals surface area contributed by atoms with Gasteiger partial charge in [-0.2, -0.15) is 0 Å². The maximum absolute atomic E-state index is 13.9. The van der Waals surface area contributed by atoms with E-state index in [-0.39, 0.29) is 5.69 Å². The molecule has 0 radical (unpaired) electrons. The molecule has 5 rings (SSSR count). The van der Waals surface area contributed by atoms with E-state index < -0.39 is 5.41 Å². The van der Waals surface area contributed by atoms with Gasteiger partial charge in [0, 0.05) is 42.9 Å². The number of dihydropyridines is 1. The largest absolute Gasteiger partial charge is 0.368 e. The molecule has 0 unspecified atom stereocenters. The fraction of sp³-hybridized carbons (Fsp3) is 0.346. The maximum atomic E-state index is 13.9. The van der Waals surface area contributed by atoms with Gasteiger partial charge in [0.15, 0.2) is 5.82 Å². The van der Waals surface area contributed by atoms with Crippen LogP contribution in [0.3, 0.4) is 0 Å². The summed E-state index contributed by atoms with van der Waals surface area (Å²) >= 11 is 0. The molecule has 0 spiro atoms. The van der Waals surface area contributed by atoms with Gasteiger partial charge in [-0.05, 0) is 53.7 Å². The highest BCUT2D eigenvalue weighted by Crippen LogP contribution is 2.33. The highest BCUT2D eigenvalue weighted by molar-refractivity contribution is 5.57. The molecule has 4 heterocycles. The third kappa shape index (κ3) is 4.41. The first-order valence-corrected chi connectivity index (χ1v) is 12.4. The van der Waals surface area contributed by atoms with Crippen molar-refractivity contribution in [1.29, 1.82) is 0 Å². The third-order valence-corrected chi connectivity index (χ3v) is 6.61. The number of aromatic nitrogens is 8. The van der Waals surface area contributed by atoms with Crippen LogP contribution in [0.2, 0.25) is 0 Å². The predicted molar refractivity (Wildman–Crippen MR) is 137 cm³/mol. The van der Waals surface area contributed by atoms with Gasteiger partial charge in [0.25, 0.3) is 0 Å². The molecule has 36 heavy (non-hydrogen) atoms. The molecule has 2 N–H and O–H groups in total. The van der Waals surface area contributed by atoms with Crippen molar-refractivity contribution in [3.8, 4) is 17.3 Å². The Labute approximate surface area is 209 Å². The number of nitrogens with zero attached hydrogens (tertiary/aromatic N) is 7. The minimum Gasteiger partial charge on any atom is -0.368 e. The van der Waals surface area contributed by atoms with Crippen LogP contribution in [0.15, 0.2) is 72.2 Å². The van der Waals surface area contributed by atoms with Crippen LogP contribution in [0.1, 0.15) is 44.4 Å². The van der Waals surface area contributed by atoms with Gasteiger partial charge in [-0.25, -0.2) is 19.4 Å². The summed E-state index contributed by atoms with van der Waals surface area (Å²) < 4.78 is 5.63. The number of tetrazole rings is 1. The summed E-state index contributed by atoms with van der Waals surface area (Å²) in [5, 5.41) is 17.5. The van der Waals surface area contributed by atoms with Gasteiger partial charge in [-0.3, -0.25) is 4.57 Å². The molecule has 1 aliphatic heterocycles. The molecule has 0 atom stereocenters. The van der Waals surface area contributed by atoms with Crippen LogP contribution < -0.4 is 11.0 Å². The van der Waals surface area contributed by atoms with Crippen LogP contribution >= 0.6 is 0 Å². The SMILES string of the molecule is CCCCc1cn(-c2nccn2CCC)c(=O)n1CC1(c2cccc(-c3nnn[nH]3)c2)C=CNC=C1. The number of H-pyrrole nitrogens is 1. The van der Waals surface area contributed by atoms with Crippen LogP contribution in [-0.4, -0.2) is 39.3 Å². The van der Waals surface area contributed by atoms with Crippen molar-refractivity contribution < 1.29 is 0 Å². The van der Waals surface area contributed by atoms with Crippen LogP contribution in [0.5, 0.6) is 0 Å². The number of allylic oxidation sites excluding steroid dienone is 2. The highest BCUT2D eigenvalue weighted by Gasteiger charge is 2.31. The molecule has 0 bridgehead atoms. The molecule has 0 aliphatic carbocycles. The second-order valence-electron chi connectivity index (χ2n) is 9.09. The number of rotatable bonds is 10. The van der Waals surface area contributed by atoms with Crippen molar-refractivity contribution in [2.24, 2.45) is 0 Å². The number of unbranched alkanes of at least 4 members (excludes halogenated alkanes) is 1. The smallest absolute Gasteiger partial charge is 0.335 e. The zero-order valence-corrected chi connectivity index (χ0v) is 20.6. The molecular weight excluding hydrogens is 454 g/mol. The lowest BCUT2D eigenvalue weighted by Gasteiger charge is -2.31. The Hall–Kier alpha value is -4.21. The molecule has 10 heteroatoms. The predicted octanol–water partition coefficient (Wildman–Crippen LogP) is 3.34. The molecule has 0 saturated carbocycles. The molecule has 0 amide bonds. The Kier molecular flexibility index (Phi) is 6.66. The van der Waals surface area contributed by atoms with E-state index in [0.717, 1.165) is 49.0 Å². The topological polar surface area (TPSA) is 111 Å².